The second-order valence-electron chi connectivity index (χ2n) is 5.45. The van der Waals surface area contributed by atoms with E-state index in [1.54, 1.807) is 6.92 Å². The van der Waals surface area contributed by atoms with Gasteiger partial charge in [0.15, 0.2) is 0 Å². The smallest absolute Gasteiger partial charge is 0.339 e. The zero-order valence-corrected chi connectivity index (χ0v) is 13.7. The Morgan fingerprint density at radius 3 is 2.42 bits per heavy atom. The van der Waals surface area contributed by atoms with Gasteiger partial charge in [-0.2, -0.15) is 0 Å². The molecule has 0 N–H and O–H groups in total. The molecule has 0 aliphatic heterocycles. The van der Waals surface area contributed by atoms with Crippen molar-refractivity contribution in [3.05, 3.63) is 16.5 Å². The van der Waals surface area contributed by atoms with Crippen LogP contribution in [0.1, 0.15) is 43.1 Å². The van der Waals surface area contributed by atoms with E-state index in [0.29, 0.717) is 12.2 Å². The molecule has 1 aromatic rings. The maximum atomic E-state index is 11.8. The third-order valence-electron chi connectivity index (χ3n) is 2.52. The molecule has 0 saturated carbocycles. The molecule has 4 nitrogen and oxygen atoms in total. The number of carbonyl (C=O) groups excluding carboxylic acids is 1. The zero-order valence-electron chi connectivity index (χ0n) is 11.3. The Kier molecular flexibility index (Phi) is 5.03. The summed E-state index contributed by atoms with van der Waals surface area (Å²) in [4.78, 5) is 11.8. The van der Waals surface area contributed by atoms with Crippen LogP contribution < -0.4 is 0 Å². The fourth-order valence-corrected chi connectivity index (χ4v) is 3.91. The molecule has 1 rings (SSSR count). The molecule has 0 unspecified atom stereocenters. The summed E-state index contributed by atoms with van der Waals surface area (Å²) in [5, 5.41) is 1.46. The molecule has 0 saturated heterocycles. The van der Waals surface area contributed by atoms with Crippen LogP contribution in [0.15, 0.2) is 9.59 Å². The lowest BCUT2D eigenvalue weighted by molar-refractivity contribution is 0.0464. The molecule has 0 fully saturated rings. The molecule has 108 valence electrons. The van der Waals surface area contributed by atoms with E-state index in [1.165, 1.54) is 5.38 Å². The summed E-state index contributed by atoms with van der Waals surface area (Å²) in [6, 6.07) is 0. The second-order valence-corrected chi connectivity index (χ2v) is 9.09. The van der Waals surface area contributed by atoms with Crippen molar-refractivity contribution in [2.24, 2.45) is 5.41 Å². The third-order valence-corrected chi connectivity index (χ3v) is 5.83. The van der Waals surface area contributed by atoms with Gasteiger partial charge in [0, 0.05) is 16.1 Å². The largest absolute Gasteiger partial charge is 0.462 e. The maximum absolute atomic E-state index is 11.8. The van der Waals surface area contributed by atoms with Crippen molar-refractivity contribution in [3.8, 4) is 0 Å². The predicted molar refractivity (Wildman–Crippen MR) is 76.4 cm³/mol. The predicted octanol–water partition coefficient (Wildman–Crippen LogP) is 3.58. The van der Waals surface area contributed by atoms with Crippen molar-refractivity contribution in [1.29, 1.82) is 0 Å². The van der Waals surface area contributed by atoms with Gasteiger partial charge in [0.2, 0.25) is 0 Å². The van der Waals surface area contributed by atoms with Crippen LogP contribution in [0, 0.1) is 12.3 Å². The van der Waals surface area contributed by atoms with Gasteiger partial charge in [0.05, 0.1) is 12.2 Å². The second kappa shape index (κ2) is 5.81. The van der Waals surface area contributed by atoms with E-state index in [1.807, 2.05) is 0 Å². The number of carbonyl (C=O) groups is 1. The highest BCUT2D eigenvalue weighted by atomic mass is 35.7. The molecular weight excluding hydrogens is 308 g/mol. The first kappa shape index (κ1) is 16.5. The molecule has 0 aromatic carbocycles. The van der Waals surface area contributed by atoms with Crippen LogP contribution in [-0.2, 0) is 13.8 Å². The molecule has 0 radical (unpaired) electrons. The topological polar surface area (TPSA) is 60.4 Å². The maximum Gasteiger partial charge on any atom is 0.339 e. The van der Waals surface area contributed by atoms with Gasteiger partial charge in [-0.3, -0.25) is 0 Å². The lowest BCUT2D eigenvalue weighted by Crippen LogP contribution is -2.13. The molecule has 19 heavy (non-hydrogen) atoms. The quantitative estimate of drug-likeness (QED) is 0.627. The summed E-state index contributed by atoms with van der Waals surface area (Å²) in [6.07, 6.45) is 0.739. The highest BCUT2D eigenvalue weighted by molar-refractivity contribution is 8.15. The van der Waals surface area contributed by atoms with Crippen molar-refractivity contribution >= 4 is 37.0 Å². The van der Waals surface area contributed by atoms with Gasteiger partial charge in [-0.15, -0.1) is 11.3 Å². The minimum absolute atomic E-state index is 0.00284. The number of hydrogen-bond donors (Lipinski definition) is 0. The minimum atomic E-state index is -3.81. The molecular formula is C12H17ClO4S2. The van der Waals surface area contributed by atoms with Crippen LogP contribution in [0.4, 0.5) is 0 Å². The molecule has 0 aliphatic rings. The first-order valence-corrected chi connectivity index (χ1v) is 8.91. The Balaban J connectivity index is 2.77. The number of halogens is 1. The van der Waals surface area contributed by atoms with E-state index < -0.39 is 15.0 Å². The number of esters is 1. The van der Waals surface area contributed by atoms with Gasteiger partial charge >= 0.3 is 5.97 Å². The standard InChI is InChI=1S/C12H17ClO4S2/c1-8-9(7-18-11(8)19(13,15)16)10(14)17-6-5-12(2,3)4/h7H,5-6H2,1-4H3. The highest BCUT2D eigenvalue weighted by Crippen LogP contribution is 2.29. The first-order chi connectivity index (χ1) is 8.52. The Labute approximate surface area is 122 Å². The molecule has 0 aliphatic carbocycles. The van der Waals surface area contributed by atoms with Crippen LogP contribution in [-0.4, -0.2) is 21.0 Å². The van der Waals surface area contributed by atoms with Gasteiger partial charge in [-0.25, -0.2) is 13.2 Å². The molecule has 1 aromatic heterocycles. The SMILES string of the molecule is Cc1c(C(=O)OCCC(C)(C)C)csc1S(=O)(=O)Cl. The Morgan fingerprint density at radius 1 is 1.42 bits per heavy atom. The summed E-state index contributed by atoms with van der Waals surface area (Å²) >= 11 is 0.930. The van der Waals surface area contributed by atoms with Gasteiger partial charge in [0.25, 0.3) is 9.05 Å². The van der Waals surface area contributed by atoms with Gasteiger partial charge < -0.3 is 4.74 Å². The minimum Gasteiger partial charge on any atom is -0.462 e. The van der Waals surface area contributed by atoms with Gasteiger partial charge in [-0.05, 0) is 24.3 Å². The number of rotatable bonds is 4. The fourth-order valence-electron chi connectivity index (χ4n) is 1.37. The van der Waals surface area contributed by atoms with E-state index in [0.717, 1.165) is 17.8 Å². The summed E-state index contributed by atoms with van der Waals surface area (Å²) in [6.45, 7) is 8.01. The third kappa shape index (κ3) is 4.78. The van der Waals surface area contributed by atoms with Crippen LogP contribution in [0.5, 0.6) is 0 Å². The average Bonchev–Trinajstić information content (AvgIpc) is 2.57. The fraction of sp³-hybridized carbons (Fsp3) is 0.583. The van der Waals surface area contributed by atoms with Crippen molar-refractivity contribution in [1.82, 2.24) is 0 Å². The highest BCUT2D eigenvalue weighted by Gasteiger charge is 2.23. The molecule has 7 heteroatoms. The van der Waals surface area contributed by atoms with Crippen molar-refractivity contribution < 1.29 is 17.9 Å². The van der Waals surface area contributed by atoms with Gasteiger partial charge in [0.1, 0.15) is 4.21 Å². The van der Waals surface area contributed by atoms with Crippen LogP contribution in [0.3, 0.4) is 0 Å². The van der Waals surface area contributed by atoms with Crippen molar-refractivity contribution in [2.45, 2.75) is 38.3 Å². The summed E-state index contributed by atoms with van der Waals surface area (Å²) in [7, 11) is 1.47. The number of thiophene rings is 1. The molecule has 1 heterocycles. The van der Waals surface area contributed by atoms with E-state index in [9.17, 15) is 13.2 Å². The van der Waals surface area contributed by atoms with Gasteiger partial charge in [-0.1, -0.05) is 20.8 Å². The van der Waals surface area contributed by atoms with E-state index in [-0.39, 0.29) is 15.2 Å². The lowest BCUT2D eigenvalue weighted by Gasteiger charge is -2.17. The Hall–Kier alpha value is -0.590. The van der Waals surface area contributed by atoms with Crippen molar-refractivity contribution in [3.63, 3.8) is 0 Å². The Morgan fingerprint density at radius 2 is 2.00 bits per heavy atom. The van der Waals surface area contributed by atoms with E-state index >= 15 is 0 Å². The van der Waals surface area contributed by atoms with Crippen LogP contribution in [0.2, 0.25) is 0 Å². The zero-order chi connectivity index (χ0) is 14.8. The molecule has 0 amide bonds. The average molecular weight is 325 g/mol. The van der Waals surface area contributed by atoms with Crippen molar-refractivity contribution in [2.75, 3.05) is 6.61 Å². The van der Waals surface area contributed by atoms with E-state index in [2.05, 4.69) is 20.8 Å². The first-order valence-electron chi connectivity index (χ1n) is 5.72. The van der Waals surface area contributed by atoms with Crippen LogP contribution in [0.25, 0.3) is 0 Å². The summed E-state index contributed by atoms with van der Waals surface area (Å²) in [5.74, 6) is -0.510. The normalized spacial score (nSPS) is 12.5. The molecule has 0 atom stereocenters. The molecule has 0 spiro atoms. The van der Waals surface area contributed by atoms with Crippen LogP contribution >= 0.6 is 22.0 Å². The lowest BCUT2D eigenvalue weighted by atomic mass is 9.93. The number of hydrogen-bond acceptors (Lipinski definition) is 5. The monoisotopic (exact) mass is 324 g/mol. The Bertz CT molecular complexity index is 567. The molecule has 0 bridgehead atoms. The summed E-state index contributed by atoms with van der Waals surface area (Å²) < 4.78 is 27.7. The van der Waals surface area contributed by atoms with E-state index in [4.69, 9.17) is 15.4 Å². The summed E-state index contributed by atoms with van der Waals surface area (Å²) in [5.41, 5.74) is 0.688. The number of ether oxygens (including phenoxy) is 1.